The predicted molar refractivity (Wildman–Crippen MR) is 118 cm³/mol. The van der Waals surface area contributed by atoms with E-state index in [4.69, 9.17) is 4.42 Å². The van der Waals surface area contributed by atoms with Gasteiger partial charge < -0.3 is 8.98 Å². The molecule has 5 aromatic rings. The summed E-state index contributed by atoms with van der Waals surface area (Å²) in [4.78, 5) is 43.8. The van der Waals surface area contributed by atoms with Crippen LogP contribution in [-0.4, -0.2) is 28.9 Å². The number of Topliss-reactive ketones (excluding diaryl/α,β-unsaturated/α-hetero) is 1. The van der Waals surface area contributed by atoms with E-state index in [1.165, 1.54) is 4.57 Å². The van der Waals surface area contributed by atoms with Crippen molar-refractivity contribution in [2.45, 2.75) is 26.9 Å². The molecular formula is C23H21N5O4. The summed E-state index contributed by atoms with van der Waals surface area (Å²) in [5.74, 6) is 0.969. The van der Waals surface area contributed by atoms with Crippen LogP contribution in [0.4, 0.5) is 0 Å². The smallest absolute Gasteiger partial charge is 0.332 e. The van der Waals surface area contributed by atoms with E-state index in [0.717, 1.165) is 21.7 Å². The molecule has 0 fully saturated rings. The Bertz CT molecular complexity index is 1600. The molecule has 4 aromatic heterocycles. The monoisotopic (exact) mass is 431 g/mol. The van der Waals surface area contributed by atoms with Gasteiger partial charge in [0.2, 0.25) is 5.78 Å². The highest BCUT2D eigenvalue weighted by atomic mass is 16.3. The van der Waals surface area contributed by atoms with Crippen LogP contribution in [-0.2, 0) is 20.1 Å². The van der Waals surface area contributed by atoms with Crippen LogP contribution < -0.4 is 11.2 Å². The summed E-state index contributed by atoms with van der Waals surface area (Å²) in [7, 11) is 1.55. The number of aryl methyl sites for hydroxylation is 2. The van der Waals surface area contributed by atoms with Crippen molar-refractivity contribution in [1.29, 1.82) is 0 Å². The van der Waals surface area contributed by atoms with Gasteiger partial charge in [-0.05, 0) is 26.0 Å². The second-order valence-corrected chi connectivity index (χ2v) is 7.78. The number of nitrogens with zero attached hydrogens (tertiary/aromatic N) is 5. The molecule has 0 amide bonds. The fourth-order valence-electron chi connectivity index (χ4n) is 4.06. The minimum absolute atomic E-state index is 0.266. The van der Waals surface area contributed by atoms with Gasteiger partial charge in [0.1, 0.15) is 5.76 Å². The maximum absolute atomic E-state index is 13.4. The number of imidazole rings is 2. The Kier molecular flexibility index (Phi) is 4.47. The maximum atomic E-state index is 13.4. The van der Waals surface area contributed by atoms with Gasteiger partial charge in [-0.1, -0.05) is 30.3 Å². The number of hydrogen-bond acceptors (Lipinski definition) is 5. The number of carbonyl (C=O) groups is 1. The first kappa shape index (κ1) is 19.8. The third kappa shape index (κ3) is 2.85. The molecule has 9 heteroatoms. The molecule has 0 bridgehead atoms. The zero-order valence-corrected chi connectivity index (χ0v) is 17.9. The highest BCUT2D eigenvalue weighted by Gasteiger charge is 2.23. The molecule has 32 heavy (non-hydrogen) atoms. The van der Waals surface area contributed by atoms with Crippen molar-refractivity contribution in [3.05, 3.63) is 92.3 Å². The fourth-order valence-corrected chi connectivity index (χ4v) is 4.06. The van der Waals surface area contributed by atoms with Crippen molar-refractivity contribution in [2.24, 2.45) is 7.05 Å². The molecule has 5 rings (SSSR count). The molecule has 162 valence electrons. The van der Waals surface area contributed by atoms with Gasteiger partial charge in [-0.3, -0.25) is 23.1 Å². The zero-order valence-electron chi connectivity index (χ0n) is 17.9. The Balaban J connectivity index is 1.73. The normalized spacial score (nSPS) is 11.6. The van der Waals surface area contributed by atoms with Gasteiger partial charge in [0, 0.05) is 24.0 Å². The fraction of sp³-hybridized carbons (Fsp3) is 0.217. The molecule has 0 aliphatic carbocycles. The molecule has 0 aliphatic heterocycles. The van der Waals surface area contributed by atoms with Crippen molar-refractivity contribution in [2.75, 3.05) is 0 Å². The first-order valence-corrected chi connectivity index (χ1v) is 10.2. The topological polar surface area (TPSA) is 96.4 Å². The van der Waals surface area contributed by atoms with Gasteiger partial charge in [-0.25, -0.2) is 4.79 Å². The van der Waals surface area contributed by atoms with Crippen LogP contribution in [0.15, 0.2) is 62.7 Å². The lowest BCUT2D eigenvalue weighted by molar-refractivity contribution is 0.0969. The van der Waals surface area contributed by atoms with E-state index in [1.54, 1.807) is 48.0 Å². The molecule has 0 unspecified atom stereocenters. The van der Waals surface area contributed by atoms with Crippen molar-refractivity contribution >= 4 is 22.7 Å². The Morgan fingerprint density at radius 2 is 1.75 bits per heavy atom. The summed E-state index contributed by atoms with van der Waals surface area (Å²) in [6.07, 6.45) is 1.60. The number of fused-ring (bicyclic) bond motifs is 3. The summed E-state index contributed by atoms with van der Waals surface area (Å²) < 4.78 is 11.5. The van der Waals surface area contributed by atoms with Gasteiger partial charge in [-0.15, -0.1) is 0 Å². The van der Waals surface area contributed by atoms with E-state index in [-0.39, 0.29) is 23.5 Å². The third-order valence-electron chi connectivity index (χ3n) is 5.92. The van der Waals surface area contributed by atoms with Crippen LogP contribution in [0, 0.1) is 13.8 Å². The molecule has 0 saturated carbocycles. The quantitative estimate of drug-likeness (QED) is 0.398. The van der Waals surface area contributed by atoms with Crippen LogP contribution >= 0.6 is 0 Å². The van der Waals surface area contributed by atoms with Crippen molar-refractivity contribution in [3.63, 3.8) is 0 Å². The van der Waals surface area contributed by atoms with E-state index < -0.39 is 11.2 Å². The van der Waals surface area contributed by atoms with Gasteiger partial charge in [0.25, 0.3) is 5.56 Å². The summed E-state index contributed by atoms with van der Waals surface area (Å²) in [6.45, 7) is 3.93. The first-order chi connectivity index (χ1) is 15.4. The molecular weight excluding hydrogens is 410 g/mol. The van der Waals surface area contributed by atoms with Gasteiger partial charge >= 0.3 is 5.69 Å². The lowest BCUT2D eigenvalue weighted by atomic mass is 10.1. The number of furan rings is 1. The molecule has 0 aliphatic rings. The number of aromatic nitrogens is 5. The number of benzene rings is 1. The molecule has 1 aromatic carbocycles. The lowest BCUT2D eigenvalue weighted by Gasteiger charge is -2.08. The van der Waals surface area contributed by atoms with E-state index in [1.807, 2.05) is 30.5 Å². The first-order valence-electron chi connectivity index (χ1n) is 10.2. The second kappa shape index (κ2) is 7.23. The molecule has 0 atom stereocenters. The Hall–Kier alpha value is -4.14. The molecule has 9 nitrogen and oxygen atoms in total. The standard InChI is InChI=1S/C23H21N5O4/c1-14-15(2)28-19-20(24-22(28)26(14)12-17-10-7-11-32-17)25(3)23(31)27(21(19)30)13-18(29)16-8-5-4-6-9-16/h4-11H,12-13H2,1-3H3. The molecule has 0 radical (unpaired) electrons. The lowest BCUT2D eigenvalue weighted by Crippen LogP contribution is -2.41. The second-order valence-electron chi connectivity index (χ2n) is 7.78. The average molecular weight is 431 g/mol. The summed E-state index contributed by atoms with van der Waals surface area (Å²) >= 11 is 0. The van der Waals surface area contributed by atoms with Crippen LogP contribution in [0.1, 0.15) is 27.5 Å². The summed E-state index contributed by atoms with van der Waals surface area (Å²) in [5, 5.41) is 0. The highest BCUT2D eigenvalue weighted by Crippen LogP contribution is 2.22. The number of hydrogen-bond donors (Lipinski definition) is 0. The van der Waals surface area contributed by atoms with Crippen LogP contribution in [0.25, 0.3) is 16.9 Å². The Morgan fingerprint density at radius 1 is 1.00 bits per heavy atom. The SMILES string of the molecule is Cc1c(C)n2c3c(=O)n(CC(=O)c4ccccc4)c(=O)n(C)c3nc2n1Cc1ccco1. The molecule has 0 spiro atoms. The van der Waals surface area contributed by atoms with Gasteiger partial charge in [0.15, 0.2) is 16.9 Å². The summed E-state index contributed by atoms with van der Waals surface area (Å²) in [5.41, 5.74) is 1.60. The average Bonchev–Trinajstić information content (AvgIpc) is 3.50. The molecule has 0 N–H and O–H groups in total. The largest absolute Gasteiger partial charge is 0.467 e. The summed E-state index contributed by atoms with van der Waals surface area (Å²) in [6, 6.07) is 12.3. The van der Waals surface area contributed by atoms with E-state index in [2.05, 4.69) is 4.98 Å². The van der Waals surface area contributed by atoms with Crippen LogP contribution in [0.3, 0.4) is 0 Å². The van der Waals surface area contributed by atoms with Crippen LogP contribution in [0.5, 0.6) is 0 Å². The van der Waals surface area contributed by atoms with E-state index in [9.17, 15) is 14.4 Å². The Labute approximate surface area is 181 Å². The minimum atomic E-state index is -0.584. The number of carbonyl (C=O) groups excluding carboxylic acids is 1. The third-order valence-corrected chi connectivity index (χ3v) is 5.92. The predicted octanol–water partition coefficient (Wildman–Crippen LogP) is 2.29. The zero-order chi connectivity index (χ0) is 22.6. The van der Waals surface area contributed by atoms with Gasteiger partial charge in [-0.2, -0.15) is 4.98 Å². The molecule has 0 saturated heterocycles. The van der Waals surface area contributed by atoms with Crippen molar-refractivity contribution in [3.8, 4) is 0 Å². The van der Waals surface area contributed by atoms with Gasteiger partial charge in [0.05, 0.1) is 19.4 Å². The van der Waals surface area contributed by atoms with Crippen molar-refractivity contribution in [1.82, 2.24) is 23.1 Å². The van der Waals surface area contributed by atoms with E-state index >= 15 is 0 Å². The van der Waals surface area contributed by atoms with Crippen LogP contribution in [0.2, 0.25) is 0 Å². The van der Waals surface area contributed by atoms with Crippen molar-refractivity contribution < 1.29 is 9.21 Å². The minimum Gasteiger partial charge on any atom is -0.467 e. The highest BCUT2D eigenvalue weighted by molar-refractivity contribution is 5.96. The number of rotatable bonds is 5. The van der Waals surface area contributed by atoms with E-state index in [0.29, 0.717) is 17.9 Å². The maximum Gasteiger partial charge on any atom is 0.332 e. The number of ketones is 1. The molecule has 4 heterocycles. The Morgan fingerprint density at radius 3 is 2.44 bits per heavy atom.